The quantitative estimate of drug-likeness (QED) is 0.693. The molecule has 0 atom stereocenters. The molecule has 108 valence electrons. The van der Waals surface area contributed by atoms with E-state index >= 15 is 0 Å². The van der Waals surface area contributed by atoms with Crippen LogP contribution in [0.25, 0.3) is 5.65 Å². The average molecular weight is 372 g/mol. The Balaban J connectivity index is 2.02. The van der Waals surface area contributed by atoms with E-state index < -0.39 is 11.8 Å². The molecule has 21 heavy (non-hydrogen) atoms. The van der Waals surface area contributed by atoms with E-state index in [1.807, 2.05) is 0 Å². The number of esters is 1. The lowest BCUT2D eigenvalue weighted by Gasteiger charge is -2.01. The van der Waals surface area contributed by atoms with Crippen LogP contribution in [0.1, 0.15) is 16.1 Å². The molecule has 0 fully saturated rings. The number of halogens is 2. The second-order valence-corrected chi connectivity index (χ2v) is 5.59. The molecule has 3 aromatic rings. The minimum absolute atomic E-state index is 0.0204. The highest BCUT2D eigenvalue weighted by Gasteiger charge is 2.23. The standard InChI is InChI=1S/C11H7BrFN5O2S/c1-4-7(12)11(21-17-4)20-10(19)6-8(14)16-18-3-5(13)2-15-9(6)18/h2-3H,1H3,(H2,14,16). The van der Waals surface area contributed by atoms with Crippen molar-refractivity contribution in [3.05, 3.63) is 33.9 Å². The molecule has 0 bridgehead atoms. The number of aryl methyl sites for hydroxylation is 1. The predicted molar refractivity (Wildman–Crippen MR) is 76.9 cm³/mol. The van der Waals surface area contributed by atoms with Gasteiger partial charge >= 0.3 is 5.97 Å². The van der Waals surface area contributed by atoms with Crippen LogP contribution in [-0.4, -0.2) is 24.9 Å². The van der Waals surface area contributed by atoms with Crippen LogP contribution < -0.4 is 10.5 Å². The third kappa shape index (κ3) is 2.36. The Labute approximate surface area is 129 Å². The average Bonchev–Trinajstić information content (AvgIpc) is 2.91. The summed E-state index contributed by atoms with van der Waals surface area (Å²) in [7, 11) is 0. The summed E-state index contributed by atoms with van der Waals surface area (Å²) in [5, 5.41) is 4.14. The highest BCUT2D eigenvalue weighted by Crippen LogP contribution is 2.33. The molecular weight excluding hydrogens is 365 g/mol. The van der Waals surface area contributed by atoms with Crippen LogP contribution in [0.3, 0.4) is 0 Å². The molecule has 3 rings (SSSR count). The van der Waals surface area contributed by atoms with Crippen molar-refractivity contribution in [1.29, 1.82) is 0 Å². The summed E-state index contributed by atoms with van der Waals surface area (Å²) >= 11 is 4.30. The van der Waals surface area contributed by atoms with Gasteiger partial charge in [-0.25, -0.2) is 18.7 Å². The summed E-state index contributed by atoms with van der Waals surface area (Å²) in [6, 6.07) is 0. The Morgan fingerprint density at radius 2 is 2.33 bits per heavy atom. The fraction of sp³-hybridized carbons (Fsp3) is 0.0909. The van der Waals surface area contributed by atoms with Crippen LogP contribution in [0.5, 0.6) is 5.06 Å². The molecule has 3 aromatic heterocycles. The molecule has 2 N–H and O–H groups in total. The smallest absolute Gasteiger partial charge is 0.352 e. The van der Waals surface area contributed by atoms with Gasteiger partial charge in [-0.1, -0.05) is 0 Å². The van der Waals surface area contributed by atoms with E-state index in [-0.39, 0.29) is 17.0 Å². The first kappa shape index (κ1) is 13.9. The molecule has 0 saturated carbocycles. The maximum Gasteiger partial charge on any atom is 0.352 e. The summed E-state index contributed by atoms with van der Waals surface area (Å²) in [6.07, 6.45) is 2.04. The Morgan fingerprint density at radius 1 is 1.57 bits per heavy atom. The van der Waals surface area contributed by atoms with Crippen molar-refractivity contribution in [3.8, 4) is 5.06 Å². The summed E-state index contributed by atoms with van der Waals surface area (Å²) in [6.45, 7) is 1.77. The van der Waals surface area contributed by atoms with Gasteiger partial charge in [-0.05, 0) is 22.9 Å². The van der Waals surface area contributed by atoms with E-state index in [1.165, 1.54) is 0 Å². The number of carbonyl (C=O) groups excluding carboxylic acids is 1. The lowest BCUT2D eigenvalue weighted by atomic mass is 10.3. The third-order valence-electron chi connectivity index (χ3n) is 2.62. The SMILES string of the molecule is Cc1nsc(OC(=O)c2c(N)nn3cc(F)cnc23)c1Br. The van der Waals surface area contributed by atoms with E-state index in [4.69, 9.17) is 10.5 Å². The minimum Gasteiger partial charge on any atom is -0.409 e. The first-order valence-electron chi connectivity index (χ1n) is 5.60. The molecule has 0 aliphatic heterocycles. The van der Waals surface area contributed by atoms with E-state index in [1.54, 1.807) is 6.92 Å². The van der Waals surface area contributed by atoms with Gasteiger partial charge in [-0.15, -0.1) is 5.10 Å². The monoisotopic (exact) mass is 371 g/mol. The third-order valence-corrected chi connectivity index (χ3v) is 4.63. The Morgan fingerprint density at radius 3 is 3.00 bits per heavy atom. The first-order chi connectivity index (χ1) is 9.97. The Kier molecular flexibility index (Phi) is 3.33. The van der Waals surface area contributed by atoms with Gasteiger partial charge in [0.05, 0.1) is 22.6 Å². The number of carbonyl (C=O) groups is 1. The first-order valence-corrected chi connectivity index (χ1v) is 7.17. The van der Waals surface area contributed by atoms with Crippen molar-refractivity contribution in [2.45, 2.75) is 6.92 Å². The van der Waals surface area contributed by atoms with Crippen LogP contribution in [0.2, 0.25) is 0 Å². The number of fused-ring (bicyclic) bond motifs is 1. The summed E-state index contributed by atoms with van der Waals surface area (Å²) < 4.78 is 24.1. The number of aromatic nitrogens is 4. The molecule has 0 amide bonds. The molecule has 0 aromatic carbocycles. The van der Waals surface area contributed by atoms with Crippen molar-refractivity contribution in [3.63, 3.8) is 0 Å². The number of nitrogens with zero attached hydrogens (tertiary/aromatic N) is 4. The maximum absolute atomic E-state index is 13.1. The lowest BCUT2D eigenvalue weighted by molar-refractivity contribution is 0.0742. The lowest BCUT2D eigenvalue weighted by Crippen LogP contribution is -2.10. The van der Waals surface area contributed by atoms with Crippen molar-refractivity contribution >= 4 is 44.9 Å². The van der Waals surface area contributed by atoms with Gasteiger partial charge < -0.3 is 10.5 Å². The number of anilines is 1. The molecular formula is C11H7BrFN5O2S. The van der Waals surface area contributed by atoms with Crippen LogP contribution in [0.4, 0.5) is 10.2 Å². The van der Waals surface area contributed by atoms with E-state index in [0.717, 1.165) is 28.4 Å². The van der Waals surface area contributed by atoms with Gasteiger partial charge in [-0.2, -0.15) is 4.37 Å². The van der Waals surface area contributed by atoms with Crippen LogP contribution in [-0.2, 0) is 0 Å². The molecule has 0 spiro atoms. The van der Waals surface area contributed by atoms with Crippen molar-refractivity contribution in [2.24, 2.45) is 0 Å². The van der Waals surface area contributed by atoms with Crippen LogP contribution in [0, 0.1) is 12.7 Å². The van der Waals surface area contributed by atoms with E-state index in [0.29, 0.717) is 15.2 Å². The summed E-state index contributed by atoms with van der Waals surface area (Å²) in [4.78, 5) is 16.0. The molecule has 0 aliphatic rings. The van der Waals surface area contributed by atoms with Gasteiger partial charge in [0.25, 0.3) is 0 Å². The second-order valence-electron chi connectivity index (χ2n) is 4.06. The fourth-order valence-electron chi connectivity index (χ4n) is 1.66. The van der Waals surface area contributed by atoms with E-state index in [9.17, 15) is 9.18 Å². The van der Waals surface area contributed by atoms with E-state index in [2.05, 4.69) is 30.4 Å². The molecule has 3 heterocycles. The maximum atomic E-state index is 13.1. The highest BCUT2D eigenvalue weighted by atomic mass is 79.9. The zero-order valence-corrected chi connectivity index (χ0v) is 12.9. The number of ether oxygens (including phenoxy) is 1. The zero-order chi connectivity index (χ0) is 15.1. The van der Waals surface area contributed by atoms with Crippen molar-refractivity contribution in [2.75, 3.05) is 5.73 Å². The van der Waals surface area contributed by atoms with Crippen molar-refractivity contribution < 1.29 is 13.9 Å². The molecule has 0 radical (unpaired) electrons. The number of nitrogens with two attached hydrogens (primary N) is 1. The van der Waals surface area contributed by atoms with Gasteiger partial charge in [0.2, 0.25) is 5.06 Å². The number of hydrogen-bond donors (Lipinski definition) is 1. The van der Waals surface area contributed by atoms with Crippen LogP contribution in [0.15, 0.2) is 16.9 Å². The van der Waals surface area contributed by atoms with Gasteiger partial charge in [0.1, 0.15) is 5.56 Å². The number of nitrogen functional groups attached to an aromatic ring is 1. The molecule has 0 aliphatic carbocycles. The minimum atomic E-state index is -0.731. The van der Waals surface area contributed by atoms with Gasteiger partial charge in [0.15, 0.2) is 17.3 Å². The Hall–Kier alpha value is -2.07. The molecule has 0 unspecified atom stereocenters. The number of hydrogen-bond acceptors (Lipinski definition) is 7. The largest absolute Gasteiger partial charge is 0.409 e. The van der Waals surface area contributed by atoms with Gasteiger partial charge in [0, 0.05) is 11.5 Å². The molecule has 0 saturated heterocycles. The van der Waals surface area contributed by atoms with Gasteiger partial charge in [-0.3, -0.25) is 0 Å². The van der Waals surface area contributed by atoms with Crippen LogP contribution >= 0.6 is 27.5 Å². The fourth-order valence-corrected chi connectivity index (χ4v) is 2.82. The highest BCUT2D eigenvalue weighted by molar-refractivity contribution is 9.10. The summed E-state index contributed by atoms with van der Waals surface area (Å²) in [5.74, 6) is -1.41. The Bertz CT molecular complexity index is 862. The normalized spacial score (nSPS) is 11.0. The predicted octanol–water partition coefficient (Wildman–Crippen LogP) is 2.20. The zero-order valence-electron chi connectivity index (χ0n) is 10.5. The molecule has 10 heteroatoms. The topological polar surface area (TPSA) is 95.4 Å². The molecule has 7 nitrogen and oxygen atoms in total. The van der Waals surface area contributed by atoms with Crippen molar-refractivity contribution in [1.82, 2.24) is 19.0 Å². The second kappa shape index (κ2) is 5.04. The summed E-state index contributed by atoms with van der Waals surface area (Å²) in [5.41, 5.74) is 6.49. The number of rotatable bonds is 2.